The lowest BCUT2D eigenvalue weighted by Gasteiger charge is -1.93. The summed E-state index contributed by atoms with van der Waals surface area (Å²) in [6.45, 7) is 1.76. The predicted octanol–water partition coefficient (Wildman–Crippen LogP) is 2.41. The topological polar surface area (TPSA) is 63.3 Å². The number of carboxylic acids is 1. The maximum atomic E-state index is 10.8. The van der Waals surface area contributed by atoms with Gasteiger partial charge in [-0.2, -0.15) is 0 Å². The van der Waals surface area contributed by atoms with Crippen LogP contribution in [0.3, 0.4) is 0 Å². The zero-order chi connectivity index (χ0) is 10.1. The number of aromatic carboxylic acids is 1. The van der Waals surface area contributed by atoms with Crippen molar-refractivity contribution in [3.8, 4) is 11.3 Å². The molecule has 0 atom stereocenters. The van der Waals surface area contributed by atoms with Crippen molar-refractivity contribution in [1.29, 1.82) is 0 Å². The van der Waals surface area contributed by atoms with Crippen molar-refractivity contribution < 1.29 is 14.4 Å². The number of rotatable bonds is 2. The summed E-state index contributed by atoms with van der Waals surface area (Å²) >= 11 is 1.20. The Morgan fingerprint density at radius 1 is 1.64 bits per heavy atom. The minimum absolute atomic E-state index is 0.344. The van der Waals surface area contributed by atoms with Gasteiger partial charge >= 0.3 is 5.97 Å². The number of nitrogens with zero attached hydrogens (tertiary/aromatic N) is 1. The fourth-order valence-corrected chi connectivity index (χ4v) is 2.14. The van der Waals surface area contributed by atoms with Crippen LogP contribution in [0.4, 0.5) is 0 Å². The standard InChI is InChI=1S/C9H7NO3S/c1-5-6(7-2-3-10-13-7)4-14-8(5)9(11)12/h2-4H,1H3,(H,11,12). The van der Waals surface area contributed by atoms with Gasteiger partial charge < -0.3 is 9.63 Å². The van der Waals surface area contributed by atoms with E-state index in [4.69, 9.17) is 9.63 Å². The number of hydrogen-bond acceptors (Lipinski definition) is 4. The quantitative estimate of drug-likeness (QED) is 0.824. The van der Waals surface area contributed by atoms with Gasteiger partial charge in [-0.1, -0.05) is 5.16 Å². The lowest BCUT2D eigenvalue weighted by atomic mass is 10.1. The summed E-state index contributed by atoms with van der Waals surface area (Å²) in [5, 5.41) is 14.2. The average Bonchev–Trinajstić information content (AvgIpc) is 2.71. The van der Waals surface area contributed by atoms with E-state index in [9.17, 15) is 4.79 Å². The Labute approximate surface area is 83.8 Å². The second-order valence-electron chi connectivity index (χ2n) is 2.79. The molecular formula is C9H7NO3S. The highest BCUT2D eigenvalue weighted by Crippen LogP contribution is 2.30. The SMILES string of the molecule is Cc1c(-c2ccno2)csc1C(=O)O. The molecule has 0 aliphatic heterocycles. The van der Waals surface area contributed by atoms with Crippen LogP contribution in [-0.2, 0) is 0 Å². The molecule has 2 heterocycles. The van der Waals surface area contributed by atoms with Crippen molar-refractivity contribution in [2.45, 2.75) is 6.92 Å². The van der Waals surface area contributed by atoms with Crippen LogP contribution < -0.4 is 0 Å². The molecule has 0 bridgehead atoms. The van der Waals surface area contributed by atoms with E-state index >= 15 is 0 Å². The van der Waals surface area contributed by atoms with Gasteiger partial charge in [0.25, 0.3) is 0 Å². The number of carboxylic acid groups (broad SMARTS) is 1. The van der Waals surface area contributed by atoms with Gasteiger partial charge in [0.2, 0.25) is 0 Å². The van der Waals surface area contributed by atoms with Gasteiger partial charge in [0.05, 0.1) is 6.20 Å². The van der Waals surface area contributed by atoms with Gasteiger partial charge in [-0.25, -0.2) is 4.79 Å². The van der Waals surface area contributed by atoms with Crippen LogP contribution in [0, 0.1) is 6.92 Å². The van der Waals surface area contributed by atoms with Gasteiger partial charge in [-0.3, -0.25) is 0 Å². The Morgan fingerprint density at radius 2 is 2.43 bits per heavy atom. The summed E-state index contributed by atoms with van der Waals surface area (Å²) in [5.74, 6) is -0.301. The van der Waals surface area contributed by atoms with Crippen LogP contribution in [0.5, 0.6) is 0 Å². The molecule has 0 amide bonds. The van der Waals surface area contributed by atoms with Gasteiger partial charge in [0.15, 0.2) is 5.76 Å². The van der Waals surface area contributed by atoms with E-state index in [0.29, 0.717) is 10.6 Å². The van der Waals surface area contributed by atoms with Crippen LogP contribution >= 0.6 is 11.3 Å². The van der Waals surface area contributed by atoms with E-state index in [1.165, 1.54) is 17.5 Å². The van der Waals surface area contributed by atoms with Crippen molar-refractivity contribution >= 4 is 17.3 Å². The zero-order valence-electron chi connectivity index (χ0n) is 7.35. The summed E-state index contributed by atoms with van der Waals surface area (Å²) in [6, 6.07) is 1.71. The monoisotopic (exact) mass is 209 g/mol. The number of aromatic nitrogens is 1. The molecule has 0 spiro atoms. The summed E-state index contributed by atoms with van der Waals surface area (Å²) in [5.41, 5.74) is 1.52. The first-order valence-corrected chi connectivity index (χ1v) is 4.80. The molecule has 0 aliphatic carbocycles. The van der Waals surface area contributed by atoms with Crippen LogP contribution in [0.2, 0.25) is 0 Å². The third-order valence-electron chi connectivity index (χ3n) is 1.94. The molecule has 1 N–H and O–H groups in total. The molecule has 0 radical (unpaired) electrons. The molecule has 2 aromatic rings. The lowest BCUT2D eigenvalue weighted by Crippen LogP contribution is -1.94. The first kappa shape index (κ1) is 8.96. The van der Waals surface area contributed by atoms with Crippen molar-refractivity contribution in [2.24, 2.45) is 0 Å². The second-order valence-corrected chi connectivity index (χ2v) is 3.66. The highest BCUT2D eigenvalue weighted by Gasteiger charge is 2.16. The van der Waals surface area contributed by atoms with E-state index in [-0.39, 0.29) is 0 Å². The molecule has 4 nitrogen and oxygen atoms in total. The van der Waals surface area contributed by atoms with E-state index < -0.39 is 5.97 Å². The van der Waals surface area contributed by atoms with Crippen LogP contribution in [-0.4, -0.2) is 16.2 Å². The van der Waals surface area contributed by atoms with E-state index in [1.54, 1.807) is 18.4 Å². The molecule has 5 heteroatoms. The maximum Gasteiger partial charge on any atom is 0.346 e. The van der Waals surface area contributed by atoms with Crippen molar-refractivity contribution in [3.63, 3.8) is 0 Å². The number of hydrogen-bond donors (Lipinski definition) is 1. The Bertz CT molecular complexity index is 458. The van der Waals surface area contributed by atoms with E-state index in [1.807, 2.05) is 0 Å². The molecule has 0 saturated carbocycles. The highest BCUT2D eigenvalue weighted by molar-refractivity contribution is 7.12. The number of carbonyl (C=O) groups is 1. The average molecular weight is 209 g/mol. The fraction of sp³-hybridized carbons (Fsp3) is 0.111. The van der Waals surface area contributed by atoms with Crippen molar-refractivity contribution in [1.82, 2.24) is 5.16 Å². The highest BCUT2D eigenvalue weighted by atomic mass is 32.1. The van der Waals surface area contributed by atoms with E-state index in [0.717, 1.165) is 11.1 Å². The third-order valence-corrected chi connectivity index (χ3v) is 3.01. The first-order chi connectivity index (χ1) is 6.70. The Balaban J connectivity index is 2.52. The van der Waals surface area contributed by atoms with Crippen LogP contribution in [0.25, 0.3) is 11.3 Å². The zero-order valence-corrected chi connectivity index (χ0v) is 8.17. The summed E-state index contributed by atoms with van der Waals surface area (Å²) in [4.78, 5) is 11.1. The molecule has 2 aromatic heterocycles. The minimum Gasteiger partial charge on any atom is -0.477 e. The van der Waals surface area contributed by atoms with E-state index in [2.05, 4.69) is 5.16 Å². The predicted molar refractivity (Wildman–Crippen MR) is 51.5 cm³/mol. The summed E-state index contributed by atoms with van der Waals surface area (Å²) < 4.78 is 4.96. The van der Waals surface area contributed by atoms with Gasteiger partial charge in [0, 0.05) is 17.0 Å². The largest absolute Gasteiger partial charge is 0.477 e. The fourth-order valence-electron chi connectivity index (χ4n) is 1.23. The number of thiophene rings is 1. The molecule has 0 fully saturated rings. The molecule has 72 valence electrons. The molecule has 2 rings (SSSR count). The Hall–Kier alpha value is -1.62. The summed E-state index contributed by atoms with van der Waals surface area (Å²) in [7, 11) is 0. The molecule has 0 unspecified atom stereocenters. The molecule has 0 saturated heterocycles. The molecule has 14 heavy (non-hydrogen) atoms. The van der Waals surface area contributed by atoms with Gasteiger partial charge in [-0.05, 0) is 12.5 Å². The maximum absolute atomic E-state index is 10.8. The second kappa shape index (κ2) is 3.26. The van der Waals surface area contributed by atoms with Gasteiger partial charge in [0.1, 0.15) is 4.88 Å². The molecule has 0 aromatic carbocycles. The Morgan fingerprint density at radius 3 is 2.93 bits per heavy atom. The minimum atomic E-state index is -0.904. The van der Waals surface area contributed by atoms with Gasteiger partial charge in [-0.15, -0.1) is 11.3 Å². The van der Waals surface area contributed by atoms with Crippen molar-refractivity contribution in [3.05, 3.63) is 28.1 Å². The third kappa shape index (κ3) is 1.31. The van der Waals surface area contributed by atoms with Crippen LogP contribution in [0.1, 0.15) is 15.2 Å². The Kier molecular flexibility index (Phi) is 2.09. The van der Waals surface area contributed by atoms with Crippen LogP contribution in [0.15, 0.2) is 22.2 Å². The summed E-state index contributed by atoms with van der Waals surface area (Å²) in [6.07, 6.45) is 1.53. The van der Waals surface area contributed by atoms with Crippen molar-refractivity contribution in [2.75, 3.05) is 0 Å². The first-order valence-electron chi connectivity index (χ1n) is 3.92. The smallest absolute Gasteiger partial charge is 0.346 e. The normalized spacial score (nSPS) is 10.4. The molecular weight excluding hydrogens is 202 g/mol. The lowest BCUT2D eigenvalue weighted by molar-refractivity contribution is 0.0701. The molecule has 0 aliphatic rings.